The van der Waals surface area contributed by atoms with E-state index in [-0.39, 0.29) is 0 Å². The Hall–Kier alpha value is -1.61. The van der Waals surface area contributed by atoms with Crippen molar-refractivity contribution in [3.8, 4) is 0 Å². The molecule has 0 saturated carbocycles. The molecule has 1 aliphatic carbocycles. The van der Waals surface area contributed by atoms with Crippen molar-refractivity contribution in [1.82, 2.24) is 4.90 Å². The fourth-order valence-corrected chi connectivity index (χ4v) is 3.53. The van der Waals surface area contributed by atoms with E-state index in [0.717, 1.165) is 31.6 Å². The molecule has 1 atom stereocenters. The molecule has 0 bridgehead atoms. The molecule has 1 unspecified atom stereocenters. The lowest BCUT2D eigenvalue weighted by Gasteiger charge is -2.23. The Morgan fingerprint density at radius 3 is 2.32 bits per heavy atom. The average Bonchev–Trinajstić information content (AvgIpc) is 2.83. The highest BCUT2D eigenvalue weighted by atomic mass is 16.5. The van der Waals surface area contributed by atoms with E-state index in [9.17, 15) is 0 Å². The normalized spacial score (nSPS) is 13.7. The molecule has 0 spiro atoms. The van der Waals surface area contributed by atoms with Gasteiger partial charge < -0.3 is 9.64 Å². The third-order valence-corrected chi connectivity index (χ3v) is 5.62. The number of unbranched alkanes of at least 4 members (excludes halogenated alkanes) is 2. The van der Waals surface area contributed by atoms with Crippen LogP contribution in [0.4, 0.5) is 0 Å². The van der Waals surface area contributed by atoms with Gasteiger partial charge in [-0.15, -0.1) is 0 Å². The van der Waals surface area contributed by atoms with Crippen LogP contribution in [-0.2, 0) is 4.74 Å². The van der Waals surface area contributed by atoms with Gasteiger partial charge in [-0.1, -0.05) is 77.8 Å². The lowest BCUT2D eigenvalue weighted by molar-refractivity contribution is 0.172. The fourth-order valence-electron chi connectivity index (χ4n) is 3.53. The quantitative estimate of drug-likeness (QED) is 0.134. The monoisotopic (exact) mass is 474 g/mol. The van der Waals surface area contributed by atoms with Gasteiger partial charge in [-0.3, -0.25) is 4.99 Å². The Morgan fingerprint density at radius 1 is 1.12 bits per heavy atom. The molecular formula is C31H58N2O. The van der Waals surface area contributed by atoms with Crippen LogP contribution < -0.4 is 0 Å². The highest BCUT2D eigenvalue weighted by molar-refractivity contribution is 5.79. The van der Waals surface area contributed by atoms with Crippen LogP contribution in [0.15, 0.2) is 52.9 Å². The Morgan fingerprint density at radius 2 is 1.79 bits per heavy atom. The summed E-state index contributed by atoms with van der Waals surface area (Å²) < 4.78 is 6.07. The zero-order valence-corrected chi connectivity index (χ0v) is 24.4. The van der Waals surface area contributed by atoms with Gasteiger partial charge in [0.1, 0.15) is 0 Å². The summed E-state index contributed by atoms with van der Waals surface area (Å²) in [5.41, 5.74) is 3.72. The summed E-state index contributed by atoms with van der Waals surface area (Å²) in [4.78, 5) is 6.61. The van der Waals surface area contributed by atoms with Crippen molar-refractivity contribution < 1.29 is 4.74 Å². The van der Waals surface area contributed by atoms with Gasteiger partial charge in [0.2, 0.25) is 0 Å². The largest absolute Gasteiger partial charge is 0.497 e. The predicted molar refractivity (Wildman–Crippen MR) is 156 cm³/mol. The molecule has 0 saturated heterocycles. The second-order valence-corrected chi connectivity index (χ2v) is 9.13. The van der Waals surface area contributed by atoms with Crippen molar-refractivity contribution in [2.75, 3.05) is 26.2 Å². The second kappa shape index (κ2) is 24.5. The highest BCUT2D eigenvalue weighted by Crippen LogP contribution is 2.22. The van der Waals surface area contributed by atoms with Gasteiger partial charge in [-0.25, -0.2) is 0 Å². The van der Waals surface area contributed by atoms with E-state index in [1.165, 1.54) is 68.6 Å². The smallest absolute Gasteiger partial charge is 0.0992 e. The van der Waals surface area contributed by atoms with Crippen molar-refractivity contribution >= 4 is 5.71 Å². The maximum Gasteiger partial charge on any atom is 0.0992 e. The summed E-state index contributed by atoms with van der Waals surface area (Å²) in [6.07, 6.45) is 17.8. The van der Waals surface area contributed by atoms with Gasteiger partial charge in [0.15, 0.2) is 0 Å². The van der Waals surface area contributed by atoms with Crippen molar-refractivity contribution in [2.45, 2.75) is 114 Å². The molecule has 198 valence electrons. The number of rotatable bonds is 15. The van der Waals surface area contributed by atoms with Crippen LogP contribution in [0.5, 0.6) is 0 Å². The molecule has 0 N–H and O–H groups in total. The summed E-state index contributed by atoms with van der Waals surface area (Å²) in [5, 5.41) is 0. The molecule has 1 rings (SSSR count). The molecule has 0 radical (unpaired) electrons. The lowest BCUT2D eigenvalue weighted by Crippen LogP contribution is -2.27. The third kappa shape index (κ3) is 19.8. The number of ether oxygens (including phenoxy) is 1. The van der Waals surface area contributed by atoms with Gasteiger partial charge in [0.05, 0.1) is 12.4 Å². The molecule has 3 heteroatoms. The van der Waals surface area contributed by atoms with Crippen molar-refractivity contribution in [3.63, 3.8) is 0 Å². The first-order valence-electron chi connectivity index (χ1n) is 13.9. The molecule has 0 amide bonds. The summed E-state index contributed by atoms with van der Waals surface area (Å²) in [7, 11) is 0. The molecule has 34 heavy (non-hydrogen) atoms. The molecule has 3 nitrogen and oxygen atoms in total. The minimum Gasteiger partial charge on any atom is -0.497 e. The number of hydrogen-bond acceptors (Lipinski definition) is 3. The minimum absolute atomic E-state index is 0.436. The summed E-state index contributed by atoms with van der Waals surface area (Å²) >= 11 is 0. The van der Waals surface area contributed by atoms with Crippen LogP contribution in [0.1, 0.15) is 114 Å². The molecule has 0 heterocycles. The van der Waals surface area contributed by atoms with E-state index in [2.05, 4.69) is 56.3 Å². The van der Waals surface area contributed by atoms with Gasteiger partial charge in [0.25, 0.3) is 0 Å². The number of aliphatic imine (C=N–C) groups is 1. The van der Waals surface area contributed by atoms with Crippen LogP contribution in [0, 0.1) is 5.92 Å². The summed E-state index contributed by atoms with van der Waals surface area (Å²) in [6.45, 7) is 27.6. The Kier molecular flexibility index (Phi) is 24.9. The van der Waals surface area contributed by atoms with Crippen LogP contribution in [-0.4, -0.2) is 36.9 Å². The Bertz CT molecular complexity index is 609. The Labute approximate surface area is 214 Å². The molecule has 0 aromatic heterocycles. The van der Waals surface area contributed by atoms with Crippen LogP contribution in [0.3, 0.4) is 0 Å². The van der Waals surface area contributed by atoms with E-state index in [4.69, 9.17) is 4.74 Å². The first-order valence-corrected chi connectivity index (χ1v) is 13.9. The van der Waals surface area contributed by atoms with E-state index in [1.54, 1.807) is 6.20 Å². The van der Waals surface area contributed by atoms with Gasteiger partial charge in [-0.05, 0) is 85.0 Å². The molecule has 0 aromatic rings. The van der Waals surface area contributed by atoms with E-state index in [1.807, 2.05) is 40.7 Å². The first-order chi connectivity index (χ1) is 16.3. The zero-order valence-electron chi connectivity index (χ0n) is 24.4. The van der Waals surface area contributed by atoms with Crippen LogP contribution >= 0.6 is 0 Å². The standard InChI is InChI=1S/C23H41NO.C6H11N.C2H6/c1-6-8-11-17-24(16-7-2)18-12-14-20(3)22(5)19-25-23-15-10-9-13-21(23)4;1-4-5-7-6(2)3;1-2/h9,13,22H,3,6-8,10-12,14-19H2,1-2,4-5H3;4-5H,1-3H3;1-2H3/b;5-4-;. The van der Waals surface area contributed by atoms with Gasteiger partial charge in [0, 0.05) is 24.3 Å². The summed E-state index contributed by atoms with van der Waals surface area (Å²) in [6, 6.07) is 0. The minimum atomic E-state index is 0.436. The van der Waals surface area contributed by atoms with Crippen molar-refractivity contribution in [3.05, 3.63) is 47.9 Å². The second-order valence-electron chi connectivity index (χ2n) is 9.13. The predicted octanol–water partition coefficient (Wildman–Crippen LogP) is 9.53. The van der Waals surface area contributed by atoms with Gasteiger partial charge >= 0.3 is 0 Å². The number of allylic oxidation sites excluding steroid dienone is 5. The average molecular weight is 475 g/mol. The molecule has 0 aromatic carbocycles. The van der Waals surface area contributed by atoms with E-state index < -0.39 is 0 Å². The fraction of sp³-hybridized carbons (Fsp3) is 0.710. The van der Waals surface area contributed by atoms with Crippen molar-refractivity contribution in [1.29, 1.82) is 0 Å². The van der Waals surface area contributed by atoms with E-state index in [0.29, 0.717) is 5.92 Å². The maximum absolute atomic E-state index is 6.07. The number of hydrogen-bond donors (Lipinski definition) is 0. The molecule has 0 aliphatic heterocycles. The third-order valence-electron chi connectivity index (χ3n) is 5.62. The van der Waals surface area contributed by atoms with Crippen LogP contribution in [0.25, 0.3) is 0 Å². The molecule has 0 fully saturated rings. The Balaban J connectivity index is 0. The summed E-state index contributed by atoms with van der Waals surface area (Å²) in [5.74, 6) is 1.61. The zero-order chi connectivity index (χ0) is 26.2. The number of nitrogens with zero attached hydrogens (tertiary/aromatic N) is 2. The first kappa shape index (κ1) is 34.6. The van der Waals surface area contributed by atoms with Gasteiger partial charge in [-0.2, -0.15) is 0 Å². The maximum atomic E-state index is 6.07. The molecular weight excluding hydrogens is 416 g/mol. The van der Waals surface area contributed by atoms with Crippen molar-refractivity contribution in [2.24, 2.45) is 10.9 Å². The highest BCUT2D eigenvalue weighted by Gasteiger charge is 2.12. The lowest BCUT2D eigenvalue weighted by atomic mass is 9.98. The molecule has 1 aliphatic rings. The topological polar surface area (TPSA) is 24.8 Å². The van der Waals surface area contributed by atoms with Crippen LogP contribution in [0.2, 0.25) is 0 Å². The SMILES string of the molecule is C/C=C\N=C(C)C.C=C(CCCN(CCC)CCCCC)C(C)COC1=C(C)C=CCC1.CC. The van der Waals surface area contributed by atoms with E-state index >= 15 is 0 Å².